The van der Waals surface area contributed by atoms with Crippen LogP contribution in [-0.4, -0.2) is 49.6 Å². The Morgan fingerprint density at radius 3 is 2.51 bits per heavy atom. The molecule has 1 unspecified atom stereocenters. The van der Waals surface area contributed by atoms with E-state index >= 15 is 0 Å². The zero-order valence-electron chi connectivity index (χ0n) is 24.2. The van der Waals surface area contributed by atoms with Crippen molar-refractivity contribution in [3.63, 3.8) is 0 Å². The number of halogens is 1. The molecule has 3 aromatic heterocycles. The summed E-state index contributed by atoms with van der Waals surface area (Å²) < 4.78 is 6.29. The summed E-state index contributed by atoms with van der Waals surface area (Å²) in [4.78, 5) is 37.9. The predicted octanol–water partition coefficient (Wildman–Crippen LogP) is 4.90. The third-order valence-corrected chi connectivity index (χ3v) is 8.37. The molecular weight excluding hydrogens is 560 g/mol. The van der Waals surface area contributed by atoms with Crippen molar-refractivity contribution in [2.75, 3.05) is 29.6 Å². The number of benzene rings is 1. The van der Waals surface area contributed by atoms with E-state index in [2.05, 4.69) is 32.9 Å². The Kier molecular flexibility index (Phi) is 8.28. The number of piperidine rings is 1. The lowest BCUT2D eigenvalue weighted by Crippen LogP contribution is -2.38. The minimum Gasteiger partial charge on any atom is -0.377 e. The monoisotopic (exact) mass is 594 g/mol. The first-order chi connectivity index (χ1) is 19.6. The third kappa shape index (κ3) is 5.78. The summed E-state index contributed by atoms with van der Waals surface area (Å²) >= 11 is 7.30. The first-order valence-corrected chi connectivity index (χ1v) is 15.2. The van der Waals surface area contributed by atoms with E-state index < -0.39 is 0 Å². The summed E-state index contributed by atoms with van der Waals surface area (Å²) in [6.07, 6.45) is 3.64. The molecule has 1 saturated heterocycles. The summed E-state index contributed by atoms with van der Waals surface area (Å²) in [5.41, 5.74) is 5.40. The van der Waals surface area contributed by atoms with Gasteiger partial charge in [0.1, 0.15) is 5.15 Å². The van der Waals surface area contributed by atoms with Crippen LogP contribution >= 0.6 is 23.5 Å². The number of fused-ring (bicyclic) bond motifs is 1. The number of hydrogen-bond donors (Lipinski definition) is 2. The number of aromatic nitrogens is 5. The number of carbonyl (C=O) groups excluding carboxylic acids is 1. The van der Waals surface area contributed by atoms with Crippen molar-refractivity contribution < 1.29 is 4.79 Å². The van der Waals surface area contributed by atoms with Gasteiger partial charge < -0.3 is 10.2 Å². The Hall–Kier alpha value is -3.57. The van der Waals surface area contributed by atoms with Crippen LogP contribution in [0.1, 0.15) is 64.7 Å². The van der Waals surface area contributed by atoms with Crippen LogP contribution in [0.2, 0.25) is 5.15 Å². The van der Waals surface area contributed by atoms with Gasteiger partial charge in [-0.25, -0.2) is 9.97 Å². The van der Waals surface area contributed by atoms with Crippen molar-refractivity contribution in [2.45, 2.75) is 45.6 Å². The van der Waals surface area contributed by atoms with Crippen LogP contribution in [0.3, 0.4) is 0 Å². The van der Waals surface area contributed by atoms with Gasteiger partial charge >= 0.3 is 0 Å². The van der Waals surface area contributed by atoms with Gasteiger partial charge in [0.25, 0.3) is 11.5 Å². The maximum absolute atomic E-state index is 13.6. The fourth-order valence-electron chi connectivity index (χ4n) is 5.49. The van der Waals surface area contributed by atoms with Gasteiger partial charge in [-0.15, -0.1) is 0 Å². The molecule has 1 atom stereocenters. The normalized spacial score (nSPS) is 14.9. The minimum atomic E-state index is -0.345. The first-order valence-electron chi connectivity index (χ1n) is 13.6. The van der Waals surface area contributed by atoms with Crippen LogP contribution in [0.4, 0.5) is 11.6 Å². The predicted molar refractivity (Wildman–Crippen MR) is 166 cm³/mol. The van der Waals surface area contributed by atoms with Crippen LogP contribution in [-0.2, 0) is 14.1 Å². The number of nitrogens with one attached hydrogen (secondary N) is 2. The van der Waals surface area contributed by atoms with E-state index in [0.717, 1.165) is 48.4 Å². The second kappa shape index (κ2) is 11.7. The van der Waals surface area contributed by atoms with Crippen molar-refractivity contribution in [2.24, 2.45) is 14.1 Å². The highest BCUT2D eigenvalue weighted by Gasteiger charge is 2.27. The molecule has 12 heteroatoms. The van der Waals surface area contributed by atoms with Gasteiger partial charge in [-0.3, -0.25) is 23.6 Å². The summed E-state index contributed by atoms with van der Waals surface area (Å²) in [5.74, 6) is 0.697. The van der Waals surface area contributed by atoms with Gasteiger partial charge in [0.05, 0.1) is 28.3 Å². The average molecular weight is 595 g/mol. The molecule has 0 saturated carbocycles. The molecule has 4 heterocycles. The Labute approximate surface area is 248 Å². The number of hydrogen-bond acceptors (Lipinski definition) is 8. The zero-order valence-corrected chi connectivity index (χ0v) is 25.7. The van der Waals surface area contributed by atoms with Gasteiger partial charge in [0, 0.05) is 50.6 Å². The lowest BCUT2D eigenvalue weighted by molar-refractivity contribution is 0.0980. The van der Waals surface area contributed by atoms with E-state index in [1.807, 2.05) is 37.7 Å². The molecular formula is C29H35ClN8O2S. The highest BCUT2D eigenvalue weighted by molar-refractivity contribution is 7.97. The maximum atomic E-state index is 13.6. The van der Waals surface area contributed by atoms with Crippen LogP contribution in [0.25, 0.3) is 10.9 Å². The SMILES string of the molecule is CSNC(=O)c1nc(Cl)ccc1NC(C)c1cc(C)cc2c(=O)n(C)c(N3CCC(c4cc(C)n(C)n4)CC3)nc12. The largest absolute Gasteiger partial charge is 0.377 e. The molecule has 0 bridgehead atoms. The van der Waals surface area contributed by atoms with Crippen LogP contribution < -0.4 is 20.5 Å². The summed E-state index contributed by atoms with van der Waals surface area (Å²) in [6.45, 7) is 7.59. The number of aryl methyl sites for hydroxylation is 3. The Balaban J connectivity index is 1.48. The number of carbonyl (C=O) groups is 1. The maximum Gasteiger partial charge on any atom is 0.281 e. The lowest BCUT2D eigenvalue weighted by Gasteiger charge is -2.33. The zero-order chi connectivity index (χ0) is 29.4. The summed E-state index contributed by atoms with van der Waals surface area (Å²) in [6, 6.07) is 9.19. The molecule has 41 heavy (non-hydrogen) atoms. The summed E-state index contributed by atoms with van der Waals surface area (Å²) in [7, 11) is 3.76. The van der Waals surface area contributed by atoms with Gasteiger partial charge in [0.15, 0.2) is 5.69 Å². The van der Waals surface area contributed by atoms with Crippen molar-refractivity contribution in [3.8, 4) is 0 Å². The molecule has 0 aliphatic carbocycles. The highest BCUT2D eigenvalue weighted by Crippen LogP contribution is 2.32. The van der Waals surface area contributed by atoms with Crippen LogP contribution in [0, 0.1) is 13.8 Å². The molecule has 1 aliphatic rings. The molecule has 10 nitrogen and oxygen atoms in total. The average Bonchev–Trinajstić information content (AvgIpc) is 3.29. The fraction of sp³-hybridized carbons (Fsp3) is 0.414. The Morgan fingerprint density at radius 1 is 1.12 bits per heavy atom. The van der Waals surface area contributed by atoms with E-state index in [1.165, 1.54) is 11.9 Å². The first kappa shape index (κ1) is 28.9. The molecule has 0 radical (unpaired) electrons. The van der Waals surface area contributed by atoms with Crippen molar-refractivity contribution in [1.82, 2.24) is 29.0 Å². The van der Waals surface area contributed by atoms with Crippen LogP contribution in [0.5, 0.6) is 0 Å². The summed E-state index contributed by atoms with van der Waals surface area (Å²) in [5, 5.41) is 8.90. The molecule has 1 aliphatic heterocycles. The van der Waals surface area contributed by atoms with Crippen molar-refractivity contribution in [1.29, 1.82) is 0 Å². The molecule has 0 spiro atoms. The molecule has 1 fully saturated rings. The molecule has 1 amide bonds. The Morgan fingerprint density at radius 2 is 1.85 bits per heavy atom. The third-order valence-electron chi connectivity index (χ3n) is 7.77. The molecule has 5 rings (SSSR count). The lowest BCUT2D eigenvalue weighted by atomic mass is 9.93. The number of amides is 1. The molecule has 216 valence electrons. The van der Waals surface area contributed by atoms with E-state index in [4.69, 9.17) is 21.7 Å². The minimum absolute atomic E-state index is 0.0854. The van der Waals surface area contributed by atoms with E-state index in [9.17, 15) is 9.59 Å². The van der Waals surface area contributed by atoms with Gasteiger partial charge in [-0.1, -0.05) is 29.6 Å². The van der Waals surface area contributed by atoms with Crippen molar-refractivity contribution >= 4 is 52.0 Å². The van der Waals surface area contributed by atoms with E-state index in [-0.39, 0.29) is 28.4 Å². The van der Waals surface area contributed by atoms with E-state index in [0.29, 0.717) is 28.5 Å². The van der Waals surface area contributed by atoms with Gasteiger partial charge in [-0.05, 0) is 63.4 Å². The van der Waals surface area contributed by atoms with Gasteiger partial charge in [-0.2, -0.15) is 5.10 Å². The molecule has 1 aromatic carbocycles. The number of pyridine rings is 1. The number of anilines is 2. The smallest absolute Gasteiger partial charge is 0.281 e. The standard InChI is InChI=1S/C29H35ClN8O2S/c1-16-13-20(18(3)31-22-7-8-24(30)32-26(22)27(39)35-41-6)25-21(14-16)28(40)36(4)29(33-25)38-11-9-19(10-12-38)23-15-17(2)37(5)34-23/h7-8,13-15,18-19,31H,9-12H2,1-6H3,(H,35,39). The van der Waals surface area contributed by atoms with Gasteiger partial charge in [0.2, 0.25) is 5.95 Å². The fourth-order valence-corrected chi connectivity index (χ4v) is 5.92. The molecule has 4 aromatic rings. The van der Waals surface area contributed by atoms with Crippen LogP contribution in [0.15, 0.2) is 35.1 Å². The second-order valence-corrected chi connectivity index (χ2v) is 11.7. The highest BCUT2D eigenvalue weighted by atomic mass is 35.5. The van der Waals surface area contributed by atoms with Crippen molar-refractivity contribution in [3.05, 3.63) is 74.0 Å². The topological polar surface area (TPSA) is 110 Å². The quantitative estimate of drug-likeness (QED) is 0.230. The Bertz CT molecular complexity index is 1660. The van der Waals surface area contributed by atoms with E-state index in [1.54, 1.807) is 30.0 Å². The molecule has 2 N–H and O–H groups in total. The number of rotatable bonds is 7. The second-order valence-electron chi connectivity index (χ2n) is 10.7. The number of nitrogens with zero attached hydrogens (tertiary/aromatic N) is 6.